The minimum absolute atomic E-state index is 0.843. The van der Waals surface area contributed by atoms with Crippen molar-refractivity contribution in [2.45, 2.75) is 0 Å². The predicted octanol–water partition coefficient (Wildman–Crippen LogP) is 0.787. The van der Waals surface area contributed by atoms with Crippen molar-refractivity contribution in [3.05, 3.63) is 72.8 Å². The molecule has 1 aromatic heterocycles. The van der Waals surface area contributed by atoms with Gasteiger partial charge in [0.15, 0.2) is 0 Å². The van der Waals surface area contributed by atoms with Crippen LogP contribution in [0.15, 0.2) is 77.2 Å². The summed E-state index contributed by atoms with van der Waals surface area (Å²) in [6.45, 7) is 0. The molecule has 3 aromatic carbocycles. The summed E-state index contributed by atoms with van der Waals surface area (Å²) in [6, 6.07) is 24.5. The van der Waals surface area contributed by atoms with Crippen LogP contribution in [-0.4, -0.2) is 7.11 Å². The maximum absolute atomic E-state index is 8.49. The maximum Gasteiger partial charge on any atom is 0.361 e. The van der Waals surface area contributed by atoms with Crippen LogP contribution in [-0.2, 0) is 0 Å². The topological polar surface area (TPSA) is 113 Å². The van der Waals surface area contributed by atoms with Gasteiger partial charge in [-0.1, -0.05) is 24.3 Å². The molecular weight excluding hydrogens is 372 g/mol. The summed E-state index contributed by atoms with van der Waals surface area (Å²) in [5.74, 6) is 1.70. The zero-order valence-electron chi connectivity index (χ0n) is 14.3. The van der Waals surface area contributed by atoms with E-state index in [4.69, 9.17) is 27.8 Å². The summed E-state index contributed by atoms with van der Waals surface area (Å²) in [7, 11) is -3.28. The van der Waals surface area contributed by atoms with Crippen molar-refractivity contribution in [1.82, 2.24) is 0 Å². The number of fused-ring (bicyclic) bond motifs is 3. The number of hydrogen-bond acceptors (Lipinski definition) is 5. The second kappa shape index (κ2) is 7.87. The molecule has 138 valence electrons. The van der Waals surface area contributed by atoms with E-state index >= 15 is 0 Å². The van der Waals surface area contributed by atoms with Crippen molar-refractivity contribution in [1.29, 1.82) is 0 Å². The quantitative estimate of drug-likeness (QED) is 0.371. The number of ether oxygens (including phenoxy) is 1. The van der Waals surface area contributed by atoms with Gasteiger partial charge < -0.3 is 4.74 Å². The van der Waals surface area contributed by atoms with E-state index in [0.717, 1.165) is 28.0 Å². The van der Waals surface area contributed by atoms with Crippen LogP contribution in [0.2, 0.25) is 0 Å². The Morgan fingerprint density at radius 3 is 2.07 bits per heavy atom. The van der Waals surface area contributed by atoms with Crippen molar-refractivity contribution >= 4 is 21.7 Å². The van der Waals surface area contributed by atoms with Gasteiger partial charge in [-0.2, -0.15) is 0 Å². The van der Waals surface area contributed by atoms with Crippen LogP contribution in [0.3, 0.4) is 0 Å². The van der Waals surface area contributed by atoms with E-state index in [1.807, 2.05) is 36.4 Å². The second-order valence-electron chi connectivity index (χ2n) is 5.60. The van der Waals surface area contributed by atoms with E-state index in [9.17, 15) is 0 Å². The van der Waals surface area contributed by atoms with Crippen LogP contribution in [0.4, 0.5) is 0 Å². The molecule has 4 aromatic rings. The lowest BCUT2D eigenvalue weighted by Crippen LogP contribution is -2.68. The summed E-state index contributed by atoms with van der Waals surface area (Å²) in [4.78, 5) is 0. The number of rotatable bonds is 2. The molecule has 0 aliphatic rings. The molecule has 0 atom stereocenters. The molecule has 0 aliphatic heterocycles. The maximum atomic E-state index is 8.49. The molecule has 1 heterocycles. The van der Waals surface area contributed by atoms with Crippen LogP contribution < -0.4 is 23.4 Å². The van der Waals surface area contributed by atoms with Gasteiger partial charge in [0, 0.05) is 12.1 Å². The van der Waals surface area contributed by atoms with E-state index in [1.54, 1.807) is 7.11 Å². The zero-order chi connectivity index (χ0) is 19.4. The molecule has 6 nitrogen and oxygen atoms in total. The van der Waals surface area contributed by atoms with Gasteiger partial charge in [0.05, 0.1) is 18.1 Å². The normalized spacial score (nSPS) is 11.1. The molecule has 4 rings (SSSR count). The number of hydrogen-bond donors (Lipinski definition) is 0. The van der Waals surface area contributed by atoms with Gasteiger partial charge in [0.1, 0.15) is 5.75 Å². The van der Waals surface area contributed by atoms with Gasteiger partial charge in [-0.05, 0) is 47.2 Å². The standard InChI is InChI=1S/C20H15O2.ClHO4/c1-21-16-9-6-15(7-10-16)19-13-11-18-17-5-3-2-4-14(17)8-12-20(18)22-19;2-1(3,4)5/h2-13H,1H3;(H,2,3,4,5)/q+1;/p-1. The van der Waals surface area contributed by atoms with Gasteiger partial charge in [-0.3, -0.25) is 0 Å². The lowest BCUT2D eigenvalue weighted by Gasteiger charge is -2.17. The molecule has 0 saturated carbocycles. The molecule has 0 radical (unpaired) electrons. The Bertz CT molecular complexity index is 1050. The van der Waals surface area contributed by atoms with Crippen molar-refractivity contribution in [3.63, 3.8) is 0 Å². The highest BCUT2D eigenvalue weighted by Crippen LogP contribution is 2.30. The van der Waals surface area contributed by atoms with E-state index in [0.29, 0.717) is 0 Å². The molecule has 7 heteroatoms. The number of benzene rings is 3. The Morgan fingerprint density at radius 2 is 1.41 bits per heavy atom. The van der Waals surface area contributed by atoms with Gasteiger partial charge >= 0.3 is 11.3 Å². The summed E-state index contributed by atoms with van der Waals surface area (Å²) >= 11 is 0. The third-order valence-corrected chi connectivity index (χ3v) is 3.93. The van der Waals surface area contributed by atoms with E-state index in [2.05, 4.69) is 36.4 Å². The molecule has 0 N–H and O–H groups in total. The van der Waals surface area contributed by atoms with Gasteiger partial charge in [-0.25, -0.2) is 23.1 Å². The van der Waals surface area contributed by atoms with Crippen LogP contribution in [0.5, 0.6) is 5.75 Å². The second-order valence-corrected chi connectivity index (χ2v) is 6.36. The largest absolute Gasteiger partial charge is 0.497 e. The molecule has 0 saturated heterocycles. The lowest BCUT2D eigenvalue weighted by atomic mass is 10.1. The first-order valence-electron chi connectivity index (χ1n) is 7.86. The highest BCUT2D eigenvalue weighted by atomic mass is 35.7. The summed E-state index contributed by atoms with van der Waals surface area (Å²) < 4.78 is 45.3. The van der Waals surface area contributed by atoms with Crippen LogP contribution in [0.25, 0.3) is 33.1 Å². The zero-order valence-corrected chi connectivity index (χ0v) is 15.0. The fourth-order valence-corrected chi connectivity index (χ4v) is 2.76. The van der Waals surface area contributed by atoms with E-state index < -0.39 is 10.2 Å². The highest BCUT2D eigenvalue weighted by Gasteiger charge is 2.16. The smallest absolute Gasteiger partial charge is 0.361 e. The average molecular weight is 387 g/mol. The first-order chi connectivity index (χ1) is 12.8. The highest BCUT2D eigenvalue weighted by molar-refractivity contribution is 6.05. The minimum atomic E-state index is -4.94. The average Bonchev–Trinajstić information content (AvgIpc) is 2.66. The molecule has 0 fully saturated rings. The molecule has 0 aliphatic carbocycles. The first-order valence-corrected chi connectivity index (χ1v) is 9.09. The number of halogens is 1. The third kappa shape index (κ3) is 4.91. The van der Waals surface area contributed by atoms with Crippen LogP contribution in [0.1, 0.15) is 0 Å². The Labute approximate surface area is 157 Å². The molecule has 0 spiro atoms. The number of methoxy groups -OCH3 is 1. The molecule has 0 unspecified atom stereocenters. The van der Waals surface area contributed by atoms with Crippen molar-refractivity contribution < 1.29 is 38.0 Å². The van der Waals surface area contributed by atoms with Gasteiger partial charge in [-0.15, -0.1) is 10.2 Å². The van der Waals surface area contributed by atoms with Gasteiger partial charge in [0.25, 0.3) is 0 Å². The fourth-order valence-electron chi connectivity index (χ4n) is 2.76. The first kappa shape index (κ1) is 19.0. The molecule has 0 amide bonds. The third-order valence-electron chi connectivity index (χ3n) is 3.93. The Morgan fingerprint density at radius 1 is 0.741 bits per heavy atom. The Hall–Kier alpha value is -2.74. The Kier molecular flexibility index (Phi) is 5.55. The van der Waals surface area contributed by atoms with Gasteiger partial charge in [0.2, 0.25) is 0 Å². The molecule has 0 bridgehead atoms. The lowest BCUT2D eigenvalue weighted by molar-refractivity contribution is -2.00. The SMILES string of the molecule is COc1ccc(-c2ccc3c(ccc4ccccc43)[o+]2)cc1.[O-][Cl+3]([O-])([O-])[O-]. The van der Waals surface area contributed by atoms with Crippen molar-refractivity contribution in [3.8, 4) is 17.1 Å². The summed E-state index contributed by atoms with van der Waals surface area (Å²) in [5, 5.41) is 3.57. The van der Waals surface area contributed by atoms with Crippen molar-refractivity contribution in [2.75, 3.05) is 7.11 Å². The molecule has 27 heavy (non-hydrogen) atoms. The fraction of sp³-hybridized carbons (Fsp3) is 0.0500. The van der Waals surface area contributed by atoms with E-state index in [1.165, 1.54) is 10.8 Å². The summed E-state index contributed by atoms with van der Waals surface area (Å²) in [6.07, 6.45) is 0. The summed E-state index contributed by atoms with van der Waals surface area (Å²) in [5.41, 5.74) is 1.93. The van der Waals surface area contributed by atoms with Crippen molar-refractivity contribution in [2.24, 2.45) is 0 Å². The van der Waals surface area contributed by atoms with Crippen LogP contribution >= 0.6 is 0 Å². The monoisotopic (exact) mass is 386 g/mol. The Balaban J connectivity index is 0.000000376. The molecular formula is C20H15ClO6. The minimum Gasteiger partial charge on any atom is -0.497 e. The predicted molar refractivity (Wildman–Crippen MR) is 90.1 cm³/mol. The van der Waals surface area contributed by atoms with Crippen LogP contribution in [0, 0.1) is 10.2 Å². The van der Waals surface area contributed by atoms with E-state index in [-0.39, 0.29) is 0 Å².